The largest absolute Gasteiger partial charge is 0.461 e. The molecule has 3 nitrogen and oxygen atoms in total. The van der Waals surface area contributed by atoms with Gasteiger partial charge in [-0.3, -0.25) is 4.79 Å². The fourth-order valence-electron chi connectivity index (χ4n) is 2.51. The Labute approximate surface area is 104 Å². The maximum atomic E-state index is 11.9. The zero-order valence-corrected chi connectivity index (χ0v) is 11.0. The van der Waals surface area contributed by atoms with Crippen molar-refractivity contribution in [1.82, 2.24) is 4.98 Å². The van der Waals surface area contributed by atoms with Gasteiger partial charge in [-0.15, -0.1) is 0 Å². The molecule has 1 N–H and O–H groups in total. The molecule has 0 saturated carbocycles. The molecule has 0 radical (unpaired) electrons. The third kappa shape index (κ3) is 1.33. The third-order valence-corrected chi connectivity index (χ3v) is 3.71. The van der Waals surface area contributed by atoms with Crippen molar-refractivity contribution in [2.75, 3.05) is 0 Å². The Morgan fingerprint density at radius 1 is 1.00 bits per heavy atom. The van der Waals surface area contributed by atoms with E-state index in [9.17, 15) is 4.79 Å². The van der Waals surface area contributed by atoms with E-state index in [2.05, 4.69) is 11.1 Å². The fraction of sp³-hybridized carbons (Fsp3) is 0.267. The quantitative estimate of drug-likeness (QED) is 0.654. The van der Waals surface area contributed by atoms with E-state index in [-0.39, 0.29) is 5.56 Å². The van der Waals surface area contributed by atoms with E-state index in [4.69, 9.17) is 4.42 Å². The molecular weight excluding hydrogens is 226 g/mol. The molecule has 3 rings (SSSR count). The lowest BCUT2D eigenvalue weighted by molar-refractivity contribution is 0.577. The molecule has 0 atom stereocenters. The lowest BCUT2D eigenvalue weighted by Crippen LogP contribution is -2.11. The van der Waals surface area contributed by atoms with E-state index in [1.807, 2.05) is 33.8 Å². The van der Waals surface area contributed by atoms with Crippen LogP contribution in [0.15, 0.2) is 21.3 Å². The summed E-state index contributed by atoms with van der Waals surface area (Å²) >= 11 is 0. The average molecular weight is 241 g/mol. The van der Waals surface area contributed by atoms with Crippen LogP contribution in [0.5, 0.6) is 0 Å². The maximum absolute atomic E-state index is 11.9. The van der Waals surface area contributed by atoms with Crippen LogP contribution < -0.4 is 5.56 Å². The number of nitrogens with one attached hydrogen (secondary N) is 1. The predicted octanol–water partition coefficient (Wildman–Crippen LogP) is 3.51. The van der Waals surface area contributed by atoms with E-state index < -0.39 is 0 Å². The molecule has 0 aliphatic heterocycles. The second-order valence-electron chi connectivity index (χ2n) is 4.90. The van der Waals surface area contributed by atoms with Gasteiger partial charge >= 0.3 is 0 Å². The van der Waals surface area contributed by atoms with E-state index in [1.54, 1.807) is 0 Å². The van der Waals surface area contributed by atoms with Gasteiger partial charge in [0.25, 0.3) is 5.56 Å². The van der Waals surface area contributed by atoms with Crippen LogP contribution in [0, 0.1) is 27.7 Å². The summed E-state index contributed by atoms with van der Waals surface area (Å²) in [7, 11) is 0. The Morgan fingerprint density at radius 3 is 2.44 bits per heavy atom. The van der Waals surface area contributed by atoms with Crippen molar-refractivity contribution in [1.29, 1.82) is 0 Å². The molecule has 2 aromatic heterocycles. The smallest absolute Gasteiger partial charge is 0.251 e. The molecule has 1 aromatic carbocycles. The van der Waals surface area contributed by atoms with Crippen LogP contribution in [0.3, 0.4) is 0 Å². The van der Waals surface area contributed by atoms with Gasteiger partial charge in [0.1, 0.15) is 11.3 Å². The first kappa shape index (κ1) is 11.1. The molecule has 0 amide bonds. The third-order valence-electron chi connectivity index (χ3n) is 3.71. The number of fused-ring (bicyclic) bond motifs is 2. The summed E-state index contributed by atoms with van der Waals surface area (Å²) < 4.78 is 5.69. The van der Waals surface area contributed by atoms with Crippen LogP contribution in [0.4, 0.5) is 0 Å². The van der Waals surface area contributed by atoms with E-state index in [0.29, 0.717) is 0 Å². The summed E-state index contributed by atoms with van der Waals surface area (Å²) in [6.07, 6.45) is 0. The van der Waals surface area contributed by atoms with Crippen LogP contribution in [0.1, 0.15) is 22.5 Å². The predicted molar refractivity (Wildman–Crippen MR) is 73.3 cm³/mol. The van der Waals surface area contributed by atoms with Crippen LogP contribution in [0.2, 0.25) is 0 Å². The Morgan fingerprint density at radius 2 is 1.72 bits per heavy atom. The molecule has 0 saturated heterocycles. The number of aromatic nitrogens is 1. The van der Waals surface area contributed by atoms with Gasteiger partial charge in [-0.05, 0) is 45.4 Å². The highest BCUT2D eigenvalue weighted by molar-refractivity contribution is 5.99. The van der Waals surface area contributed by atoms with Crippen molar-refractivity contribution in [2.24, 2.45) is 0 Å². The number of hydrogen-bond acceptors (Lipinski definition) is 2. The zero-order chi connectivity index (χ0) is 13.0. The summed E-state index contributed by atoms with van der Waals surface area (Å²) in [6, 6.07) is 4.12. The summed E-state index contributed by atoms with van der Waals surface area (Å²) in [5.41, 5.74) is 4.53. The van der Waals surface area contributed by atoms with Gasteiger partial charge in [0.15, 0.2) is 0 Å². The summed E-state index contributed by atoms with van der Waals surface area (Å²) in [4.78, 5) is 14.8. The van der Waals surface area contributed by atoms with Gasteiger partial charge in [-0.1, -0.05) is 0 Å². The summed E-state index contributed by atoms with van der Waals surface area (Å²) in [6.45, 7) is 7.77. The lowest BCUT2D eigenvalue weighted by Gasteiger charge is -2.08. The maximum Gasteiger partial charge on any atom is 0.251 e. The highest BCUT2D eigenvalue weighted by atomic mass is 16.3. The molecule has 92 valence electrons. The minimum atomic E-state index is -0.0225. The fourth-order valence-corrected chi connectivity index (χ4v) is 2.51. The van der Waals surface area contributed by atoms with Crippen LogP contribution in [-0.2, 0) is 0 Å². The van der Waals surface area contributed by atoms with Crippen molar-refractivity contribution >= 4 is 21.9 Å². The molecule has 3 aromatic rings. The van der Waals surface area contributed by atoms with Crippen molar-refractivity contribution in [3.63, 3.8) is 0 Å². The van der Waals surface area contributed by atoms with E-state index in [1.165, 1.54) is 0 Å². The number of H-pyrrole nitrogens is 1. The Bertz CT molecular complexity index is 837. The zero-order valence-electron chi connectivity index (χ0n) is 11.0. The van der Waals surface area contributed by atoms with Crippen LogP contribution in [-0.4, -0.2) is 4.98 Å². The highest BCUT2D eigenvalue weighted by Gasteiger charge is 2.12. The van der Waals surface area contributed by atoms with Gasteiger partial charge in [0, 0.05) is 21.9 Å². The first-order valence-corrected chi connectivity index (χ1v) is 6.02. The standard InChI is InChI=1S/C15H15NO2/c1-7-5-11-6-12-8(2)9(3)15(17)16-13(12)10(4)14(11)18-7/h5-6H,1-4H3,(H,16,17). The van der Waals surface area contributed by atoms with Gasteiger partial charge in [0.2, 0.25) is 0 Å². The molecule has 3 heteroatoms. The van der Waals surface area contributed by atoms with Gasteiger partial charge in [0.05, 0.1) is 5.52 Å². The Hall–Kier alpha value is -2.03. The molecule has 0 aliphatic rings. The van der Waals surface area contributed by atoms with Gasteiger partial charge in [-0.2, -0.15) is 0 Å². The Kier molecular flexibility index (Phi) is 2.14. The van der Waals surface area contributed by atoms with Gasteiger partial charge in [-0.25, -0.2) is 0 Å². The monoisotopic (exact) mass is 241 g/mol. The van der Waals surface area contributed by atoms with Crippen molar-refractivity contribution in [3.8, 4) is 0 Å². The topological polar surface area (TPSA) is 46.0 Å². The van der Waals surface area contributed by atoms with Crippen molar-refractivity contribution in [3.05, 3.63) is 44.9 Å². The number of rotatable bonds is 0. The van der Waals surface area contributed by atoms with Crippen LogP contribution >= 0.6 is 0 Å². The summed E-state index contributed by atoms with van der Waals surface area (Å²) in [5.74, 6) is 0.889. The minimum Gasteiger partial charge on any atom is -0.461 e. The first-order chi connectivity index (χ1) is 8.49. The Balaban J connectivity index is 2.63. The summed E-state index contributed by atoms with van der Waals surface area (Å²) in [5, 5.41) is 2.19. The second kappa shape index (κ2) is 3.48. The molecule has 2 heterocycles. The van der Waals surface area contributed by atoms with Crippen molar-refractivity contribution < 1.29 is 4.42 Å². The number of aromatic amines is 1. The number of furan rings is 1. The molecular formula is C15H15NO2. The lowest BCUT2D eigenvalue weighted by atomic mass is 10.0. The number of hydrogen-bond donors (Lipinski definition) is 1. The van der Waals surface area contributed by atoms with Crippen LogP contribution in [0.25, 0.3) is 21.9 Å². The number of benzene rings is 1. The average Bonchev–Trinajstić information content (AvgIpc) is 2.70. The van der Waals surface area contributed by atoms with Gasteiger partial charge < -0.3 is 9.40 Å². The molecule has 0 bridgehead atoms. The first-order valence-electron chi connectivity index (χ1n) is 6.02. The van der Waals surface area contributed by atoms with Crippen molar-refractivity contribution in [2.45, 2.75) is 27.7 Å². The number of pyridine rings is 1. The normalized spacial score (nSPS) is 11.6. The molecule has 0 spiro atoms. The highest BCUT2D eigenvalue weighted by Crippen LogP contribution is 2.30. The van der Waals surface area contributed by atoms with E-state index in [0.717, 1.165) is 44.3 Å². The molecule has 0 aliphatic carbocycles. The van der Waals surface area contributed by atoms with E-state index >= 15 is 0 Å². The second-order valence-corrected chi connectivity index (χ2v) is 4.90. The molecule has 0 fully saturated rings. The number of aryl methyl sites for hydroxylation is 3. The molecule has 0 unspecified atom stereocenters. The SMILES string of the molecule is Cc1cc2cc3c(C)c(C)c(=O)[nH]c3c(C)c2o1. The molecule has 18 heavy (non-hydrogen) atoms. The minimum absolute atomic E-state index is 0.0225.